The first-order valence-corrected chi connectivity index (χ1v) is 14.9. The molecule has 1 amide bonds. The summed E-state index contributed by atoms with van der Waals surface area (Å²) in [5.41, 5.74) is 4.01. The van der Waals surface area contributed by atoms with Crippen molar-refractivity contribution in [3.63, 3.8) is 0 Å². The normalized spacial score (nSPS) is 11.8. The van der Waals surface area contributed by atoms with Gasteiger partial charge in [-0.1, -0.05) is 78.9 Å². The number of ether oxygens (including phenoxy) is 3. The number of aromatic nitrogens is 1. The highest BCUT2D eigenvalue weighted by molar-refractivity contribution is 5.80. The lowest BCUT2D eigenvalue weighted by atomic mass is 10.0. The van der Waals surface area contributed by atoms with E-state index >= 15 is 0 Å². The van der Waals surface area contributed by atoms with E-state index in [2.05, 4.69) is 23.5 Å². The largest absolute Gasteiger partial charge is 0.493 e. The lowest BCUT2D eigenvalue weighted by Gasteiger charge is -2.22. The van der Waals surface area contributed by atoms with Crippen molar-refractivity contribution in [2.75, 3.05) is 13.2 Å². The predicted octanol–water partition coefficient (Wildman–Crippen LogP) is 7.56. The van der Waals surface area contributed by atoms with Crippen molar-refractivity contribution >= 4 is 12.1 Å². The van der Waals surface area contributed by atoms with Crippen LogP contribution in [0.2, 0.25) is 0 Å². The standard InChI is InChI=1S/C36H40N2O6/c1-36(2,3)44-35(41)38-31(34(39)40)23-28-19-11-12-20-32(28)42-21-13-6-14-22-43-33-25-29(26-15-7-4-8-16-26)24-30(37-33)27-17-9-5-10-18-27/h4-5,7-12,15-20,24-25,31H,6,13-14,21-23H2,1-3H3,(H,38,41)(H,39,40). The van der Waals surface area contributed by atoms with E-state index in [0.29, 0.717) is 30.4 Å². The molecule has 4 aromatic rings. The van der Waals surface area contributed by atoms with Crippen LogP contribution in [0.25, 0.3) is 22.4 Å². The lowest BCUT2D eigenvalue weighted by Crippen LogP contribution is -2.44. The molecule has 0 aliphatic carbocycles. The van der Waals surface area contributed by atoms with Crippen molar-refractivity contribution in [2.24, 2.45) is 0 Å². The lowest BCUT2D eigenvalue weighted by molar-refractivity contribution is -0.139. The molecule has 0 aliphatic heterocycles. The van der Waals surface area contributed by atoms with Crippen molar-refractivity contribution in [3.05, 3.63) is 103 Å². The Labute approximate surface area is 259 Å². The van der Waals surface area contributed by atoms with Crippen LogP contribution in [0, 0.1) is 0 Å². The molecule has 0 saturated heterocycles. The molecule has 230 valence electrons. The summed E-state index contributed by atoms with van der Waals surface area (Å²) in [5, 5.41) is 12.1. The van der Waals surface area contributed by atoms with Gasteiger partial charge in [-0.15, -0.1) is 0 Å². The van der Waals surface area contributed by atoms with E-state index in [0.717, 1.165) is 41.6 Å². The van der Waals surface area contributed by atoms with Gasteiger partial charge in [0.2, 0.25) is 5.88 Å². The fourth-order valence-corrected chi connectivity index (χ4v) is 4.56. The zero-order valence-electron chi connectivity index (χ0n) is 25.5. The van der Waals surface area contributed by atoms with E-state index in [4.69, 9.17) is 19.2 Å². The number of para-hydroxylation sites is 1. The summed E-state index contributed by atoms with van der Waals surface area (Å²) >= 11 is 0. The second-order valence-electron chi connectivity index (χ2n) is 11.4. The molecule has 4 rings (SSSR count). The molecule has 0 fully saturated rings. The van der Waals surface area contributed by atoms with Gasteiger partial charge in [0, 0.05) is 18.1 Å². The summed E-state index contributed by atoms with van der Waals surface area (Å²) in [4.78, 5) is 28.8. The molecule has 8 heteroatoms. The maximum Gasteiger partial charge on any atom is 0.408 e. The number of carboxylic acid groups (broad SMARTS) is 1. The smallest absolute Gasteiger partial charge is 0.408 e. The third-order valence-electron chi connectivity index (χ3n) is 6.66. The van der Waals surface area contributed by atoms with E-state index in [1.807, 2.05) is 66.7 Å². The van der Waals surface area contributed by atoms with Gasteiger partial charge in [-0.2, -0.15) is 0 Å². The Balaban J connectivity index is 1.27. The molecule has 0 aliphatic rings. The number of unbranched alkanes of at least 4 members (excludes halogenated alkanes) is 2. The Morgan fingerprint density at radius 2 is 1.39 bits per heavy atom. The zero-order chi connectivity index (χ0) is 31.4. The molecular formula is C36H40N2O6. The monoisotopic (exact) mass is 596 g/mol. The number of carboxylic acids is 1. The number of rotatable bonds is 14. The van der Waals surface area contributed by atoms with Crippen molar-refractivity contribution in [2.45, 2.75) is 58.1 Å². The summed E-state index contributed by atoms with van der Waals surface area (Å²) in [6.07, 6.45) is 1.79. The molecule has 1 unspecified atom stereocenters. The van der Waals surface area contributed by atoms with Crippen LogP contribution in [-0.4, -0.2) is 47.0 Å². The predicted molar refractivity (Wildman–Crippen MR) is 171 cm³/mol. The number of amides is 1. The molecule has 3 aromatic carbocycles. The minimum atomic E-state index is -1.15. The van der Waals surface area contributed by atoms with Gasteiger partial charge in [0.05, 0.1) is 18.9 Å². The Kier molecular flexibility index (Phi) is 11.3. The molecule has 8 nitrogen and oxygen atoms in total. The number of hydrogen-bond donors (Lipinski definition) is 2. The zero-order valence-corrected chi connectivity index (χ0v) is 25.5. The molecule has 1 aromatic heterocycles. The minimum Gasteiger partial charge on any atom is -0.493 e. The van der Waals surface area contributed by atoms with Gasteiger partial charge in [0.25, 0.3) is 0 Å². The van der Waals surface area contributed by atoms with Gasteiger partial charge in [-0.25, -0.2) is 14.6 Å². The number of pyridine rings is 1. The summed E-state index contributed by atoms with van der Waals surface area (Å²) < 4.78 is 17.3. The van der Waals surface area contributed by atoms with E-state index in [-0.39, 0.29) is 6.42 Å². The number of aliphatic carboxylic acids is 1. The number of benzene rings is 3. The highest BCUT2D eigenvalue weighted by Crippen LogP contribution is 2.29. The topological polar surface area (TPSA) is 107 Å². The number of alkyl carbamates (subject to hydrolysis) is 1. The summed E-state index contributed by atoms with van der Waals surface area (Å²) in [5.74, 6) is 0.0325. The van der Waals surface area contributed by atoms with Crippen molar-refractivity contribution in [3.8, 4) is 34.0 Å². The average Bonchev–Trinajstić information content (AvgIpc) is 3.00. The van der Waals surface area contributed by atoms with E-state index in [1.54, 1.807) is 32.9 Å². The van der Waals surface area contributed by atoms with Crippen LogP contribution in [0.4, 0.5) is 4.79 Å². The van der Waals surface area contributed by atoms with Crippen LogP contribution < -0.4 is 14.8 Å². The molecular weight excluding hydrogens is 556 g/mol. The van der Waals surface area contributed by atoms with E-state index < -0.39 is 23.7 Å². The fraction of sp³-hybridized carbons (Fsp3) is 0.306. The molecule has 0 saturated carbocycles. The summed E-state index contributed by atoms with van der Waals surface area (Å²) in [6, 6.07) is 30.4. The second kappa shape index (κ2) is 15.6. The SMILES string of the molecule is CC(C)(C)OC(=O)NC(Cc1ccccc1OCCCCCOc1cc(-c2ccccc2)cc(-c2ccccc2)n1)C(=O)O. The Hall–Kier alpha value is -4.85. The Bertz CT molecular complexity index is 1440. The molecule has 0 radical (unpaired) electrons. The number of hydrogen-bond acceptors (Lipinski definition) is 6. The van der Waals surface area contributed by atoms with Gasteiger partial charge in [0.1, 0.15) is 17.4 Å². The van der Waals surface area contributed by atoms with Crippen molar-refractivity contribution in [1.82, 2.24) is 10.3 Å². The highest BCUT2D eigenvalue weighted by Gasteiger charge is 2.25. The summed E-state index contributed by atoms with van der Waals surface area (Å²) in [7, 11) is 0. The molecule has 1 atom stereocenters. The Morgan fingerprint density at radius 1 is 0.773 bits per heavy atom. The van der Waals surface area contributed by atoms with Crippen LogP contribution in [0.5, 0.6) is 11.6 Å². The van der Waals surface area contributed by atoms with Crippen LogP contribution in [-0.2, 0) is 16.0 Å². The quantitative estimate of drug-likeness (QED) is 0.145. The number of nitrogens with one attached hydrogen (secondary N) is 1. The first kappa shape index (κ1) is 32.1. The molecule has 0 spiro atoms. The molecule has 2 N–H and O–H groups in total. The van der Waals surface area contributed by atoms with E-state index in [1.165, 1.54) is 0 Å². The molecule has 0 bridgehead atoms. The maximum absolute atomic E-state index is 12.2. The average molecular weight is 597 g/mol. The van der Waals surface area contributed by atoms with Crippen LogP contribution in [0.1, 0.15) is 45.6 Å². The van der Waals surface area contributed by atoms with Crippen LogP contribution in [0.3, 0.4) is 0 Å². The van der Waals surface area contributed by atoms with E-state index in [9.17, 15) is 14.7 Å². The second-order valence-corrected chi connectivity index (χ2v) is 11.4. The van der Waals surface area contributed by atoms with Crippen molar-refractivity contribution < 1.29 is 28.9 Å². The van der Waals surface area contributed by atoms with Crippen LogP contribution in [0.15, 0.2) is 97.1 Å². The van der Waals surface area contributed by atoms with Crippen molar-refractivity contribution in [1.29, 1.82) is 0 Å². The van der Waals surface area contributed by atoms with Gasteiger partial charge in [0.15, 0.2) is 0 Å². The third kappa shape index (κ3) is 10.2. The molecule has 44 heavy (non-hydrogen) atoms. The highest BCUT2D eigenvalue weighted by atomic mass is 16.6. The first-order valence-electron chi connectivity index (χ1n) is 14.9. The van der Waals surface area contributed by atoms with Gasteiger partial charge in [-0.3, -0.25) is 0 Å². The van der Waals surface area contributed by atoms with Crippen LogP contribution >= 0.6 is 0 Å². The number of nitrogens with zero attached hydrogens (tertiary/aromatic N) is 1. The Morgan fingerprint density at radius 3 is 2.05 bits per heavy atom. The van der Waals surface area contributed by atoms with Gasteiger partial charge >= 0.3 is 12.1 Å². The number of carbonyl (C=O) groups excluding carboxylic acids is 1. The molecule has 1 heterocycles. The van der Waals surface area contributed by atoms with Gasteiger partial charge in [-0.05, 0) is 68.9 Å². The number of carbonyl (C=O) groups is 2. The summed E-state index contributed by atoms with van der Waals surface area (Å²) in [6.45, 7) is 6.15. The third-order valence-corrected chi connectivity index (χ3v) is 6.66. The maximum atomic E-state index is 12.2. The minimum absolute atomic E-state index is 0.0681. The van der Waals surface area contributed by atoms with Gasteiger partial charge < -0.3 is 24.6 Å². The fourth-order valence-electron chi connectivity index (χ4n) is 4.56. The first-order chi connectivity index (χ1) is 21.2.